The third-order valence-corrected chi connectivity index (χ3v) is 5.21. The van der Waals surface area contributed by atoms with E-state index in [1.807, 2.05) is 49.4 Å². The minimum atomic E-state index is -4.57. The number of halogens is 3. The number of amides is 2. The van der Waals surface area contributed by atoms with E-state index >= 15 is 0 Å². The second-order valence-electron chi connectivity index (χ2n) is 7.46. The van der Waals surface area contributed by atoms with Crippen LogP contribution in [0.1, 0.15) is 38.7 Å². The molecule has 1 atom stereocenters. The van der Waals surface area contributed by atoms with Crippen molar-refractivity contribution < 1.29 is 22.8 Å². The summed E-state index contributed by atoms with van der Waals surface area (Å²) >= 11 is 0. The Morgan fingerprint density at radius 2 is 1.74 bits per heavy atom. The van der Waals surface area contributed by atoms with Crippen LogP contribution in [0.5, 0.6) is 0 Å². The van der Waals surface area contributed by atoms with E-state index in [4.69, 9.17) is 0 Å². The third kappa shape index (κ3) is 4.17. The van der Waals surface area contributed by atoms with Gasteiger partial charge in [-0.15, -0.1) is 0 Å². The van der Waals surface area contributed by atoms with E-state index < -0.39 is 29.6 Å². The number of aryl methyl sites for hydroxylation is 1. The highest BCUT2D eigenvalue weighted by Gasteiger charge is 2.35. The molecule has 1 N–H and O–H groups in total. The summed E-state index contributed by atoms with van der Waals surface area (Å²) in [6, 6.07) is 18.3. The Morgan fingerprint density at radius 1 is 1.00 bits per heavy atom. The van der Waals surface area contributed by atoms with Crippen LogP contribution in [-0.2, 0) is 11.0 Å². The molecule has 31 heavy (non-hydrogen) atoms. The van der Waals surface area contributed by atoms with Crippen LogP contribution in [0.25, 0.3) is 0 Å². The molecule has 2 amide bonds. The van der Waals surface area contributed by atoms with Gasteiger partial charge in [-0.3, -0.25) is 9.59 Å². The summed E-state index contributed by atoms with van der Waals surface area (Å²) in [4.78, 5) is 27.4. The Labute approximate surface area is 177 Å². The van der Waals surface area contributed by atoms with Gasteiger partial charge < -0.3 is 10.2 Å². The Morgan fingerprint density at radius 3 is 2.45 bits per heavy atom. The van der Waals surface area contributed by atoms with Crippen molar-refractivity contribution in [2.24, 2.45) is 0 Å². The fourth-order valence-electron chi connectivity index (χ4n) is 3.80. The molecule has 4 nitrogen and oxygen atoms in total. The molecule has 0 bridgehead atoms. The zero-order chi connectivity index (χ0) is 22.2. The first-order valence-corrected chi connectivity index (χ1v) is 9.67. The summed E-state index contributed by atoms with van der Waals surface area (Å²) in [5.74, 6) is -1.06. The predicted octanol–water partition coefficient (Wildman–Crippen LogP) is 5.20. The molecule has 0 spiro atoms. The number of fused-ring (bicyclic) bond motifs is 1. The Hall–Kier alpha value is -3.61. The number of carbonyl (C=O) groups is 2. The molecule has 0 aromatic heterocycles. The van der Waals surface area contributed by atoms with Gasteiger partial charge in [-0.2, -0.15) is 13.2 Å². The number of alkyl halides is 3. The Bertz CT molecular complexity index is 1140. The smallest absolute Gasteiger partial charge is 0.324 e. The van der Waals surface area contributed by atoms with Gasteiger partial charge in [0.1, 0.15) is 6.54 Å². The first kappa shape index (κ1) is 20.7. The van der Waals surface area contributed by atoms with Crippen molar-refractivity contribution in [3.63, 3.8) is 0 Å². The van der Waals surface area contributed by atoms with Crippen molar-refractivity contribution in [1.29, 1.82) is 0 Å². The molecule has 3 aromatic rings. The lowest BCUT2D eigenvalue weighted by Gasteiger charge is -2.31. The van der Waals surface area contributed by atoms with Gasteiger partial charge in [-0.1, -0.05) is 54.1 Å². The van der Waals surface area contributed by atoms with E-state index in [1.54, 1.807) is 6.07 Å². The van der Waals surface area contributed by atoms with Crippen LogP contribution in [0.15, 0.2) is 72.8 Å². The van der Waals surface area contributed by atoms with Crippen molar-refractivity contribution >= 4 is 17.5 Å². The molecule has 1 heterocycles. The summed E-state index contributed by atoms with van der Waals surface area (Å²) < 4.78 is 39.6. The number of carbonyl (C=O) groups excluding carboxylic acids is 2. The number of rotatable bonds is 2. The van der Waals surface area contributed by atoms with Crippen LogP contribution in [-0.4, -0.2) is 23.3 Å². The zero-order valence-electron chi connectivity index (χ0n) is 16.6. The van der Waals surface area contributed by atoms with Crippen LogP contribution in [0, 0.1) is 6.92 Å². The fraction of sp³-hybridized carbons (Fsp3) is 0.167. The van der Waals surface area contributed by atoms with E-state index in [0.717, 1.165) is 23.3 Å². The molecule has 0 unspecified atom stereocenters. The molecule has 4 rings (SSSR count). The summed E-state index contributed by atoms with van der Waals surface area (Å²) in [6.07, 6.45) is -4.57. The lowest BCUT2D eigenvalue weighted by atomic mass is 9.94. The van der Waals surface area contributed by atoms with Gasteiger partial charge >= 0.3 is 6.18 Å². The molecule has 0 fully saturated rings. The predicted molar refractivity (Wildman–Crippen MR) is 111 cm³/mol. The number of hydrogen-bond acceptors (Lipinski definition) is 2. The highest BCUT2D eigenvalue weighted by Crippen LogP contribution is 2.37. The van der Waals surface area contributed by atoms with Gasteiger partial charge in [0, 0.05) is 16.8 Å². The normalized spacial score (nSPS) is 16.3. The lowest BCUT2D eigenvalue weighted by Crippen LogP contribution is -2.39. The average Bonchev–Trinajstić information content (AvgIpc) is 2.89. The maximum atomic E-state index is 13.4. The first-order valence-electron chi connectivity index (χ1n) is 9.67. The number of anilines is 1. The summed E-state index contributed by atoms with van der Waals surface area (Å²) in [6.45, 7) is 1.61. The van der Waals surface area contributed by atoms with Crippen LogP contribution in [0.4, 0.5) is 18.9 Å². The van der Waals surface area contributed by atoms with E-state index in [9.17, 15) is 22.8 Å². The van der Waals surface area contributed by atoms with Crippen molar-refractivity contribution in [2.45, 2.75) is 19.1 Å². The molecule has 0 saturated carbocycles. The van der Waals surface area contributed by atoms with Gasteiger partial charge in [-0.05, 0) is 36.8 Å². The van der Waals surface area contributed by atoms with E-state index in [0.29, 0.717) is 11.3 Å². The maximum absolute atomic E-state index is 13.4. The van der Waals surface area contributed by atoms with Crippen LogP contribution < -0.4 is 5.32 Å². The van der Waals surface area contributed by atoms with Crippen LogP contribution in [0.3, 0.4) is 0 Å². The first-order chi connectivity index (χ1) is 14.7. The second-order valence-corrected chi connectivity index (χ2v) is 7.46. The lowest BCUT2D eigenvalue weighted by molar-refractivity contribution is -0.137. The number of hydrogen-bond donors (Lipinski definition) is 1. The fourth-order valence-corrected chi connectivity index (χ4v) is 3.80. The van der Waals surface area contributed by atoms with E-state index in [2.05, 4.69) is 5.32 Å². The number of nitrogens with zero attached hydrogens (tertiary/aromatic N) is 1. The highest BCUT2D eigenvalue weighted by molar-refractivity contribution is 6.01. The van der Waals surface area contributed by atoms with Crippen molar-refractivity contribution in [3.05, 3.63) is 101 Å². The van der Waals surface area contributed by atoms with Crippen LogP contribution in [0.2, 0.25) is 0 Å². The minimum Gasteiger partial charge on any atom is -0.324 e. The Balaban J connectivity index is 1.86. The Kier molecular flexibility index (Phi) is 5.27. The molecule has 3 aromatic carbocycles. The average molecular weight is 424 g/mol. The minimum absolute atomic E-state index is 0.125. The summed E-state index contributed by atoms with van der Waals surface area (Å²) in [5.41, 5.74) is 1.93. The summed E-state index contributed by atoms with van der Waals surface area (Å²) in [7, 11) is 0. The van der Waals surface area contributed by atoms with Gasteiger partial charge in [-0.25, -0.2) is 0 Å². The molecule has 0 aliphatic carbocycles. The topological polar surface area (TPSA) is 49.4 Å². The SMILES string of the molecule is Cc1ccc2c(c1)[C@H](c1ccccc1)N(C(=O)c1cccc(C(F)(F)F)c1)CC(=O)N2. The van der Waals surface area contributed by atoms with Crippen molar-refractivity contribution in [3.8, 4) is 0 Å². The molecule has 0 saturated heterocycles. The molecule has 158 valence electrons. The van der Waals surface area contributed by atoms with Crippen molar-refractivity contribution in [1.82, 2.24) is 4.90 Å². The summed E-state index contributed by atoms with van der Waals surface area (Å²) in [5, 5.41) is 2.81. The van der Waals surface area contributed by atoms with Gasteiger partial charge in [0.2, 0.25) is 5.91 Å². The molecular weight excluding hydrogens is 405 g/mol. The molecule has 1 aliphatic rings. The van der Waals surface area contributed by atoms with Gasteiger partial charge in [0.05, 0.1) is 11.6 Å². The molecule has 1 aliphatic heterocycles. The second kappa shape index (κ2) is 7.91. The third-order valence-electron chi connectivity index (χ3n) is 5.21. The monoisotopic (exact) mass is 424 g/mol. The number of benzene rings is 3. The maximum Gasteiger partial charge on any atom is 0.416 e. The van der Waals surface area contributed by atoms with Gasteiger partial charge in [0.15, 0.2) is 0 Å². The standard InChI is InChI=1S/C24H19F3N2O2/c1-15-10-11-20-19(12-15)22(16-6-3-2-4-7-16)29(14-21(30)28-20)23(31)17-8-5-9-18(13-17)24(25,26)27/h2-13,22H,14H2,1H3,(H,28,30)/t22-/m0/s1. The van der Waals surface area contributed by atoms with Gasteiger partial charge in [0.25, 0.3) is 5.91 Å². The highest BCUT2D eigenvalue weighted by atomic mass is 19.4. The largest absolute Gasteiger partial charge is 0.416 e. The van der Waals surface area contributed by atoms with E-state index in [1.165, 1.54) is 17.0 Å². The molecular formula is C24H19F3N2O2. The quantitative estimate of drug-likeness (QED) is 0.615. The van der Waals surface area contributed by atoms with Crippen molar-refractivity contribution in [2.75, 3.05) is 11.9 Å². The molecule has 0 radical (unpaired) electrons. The number of nitrogens with one attached hydrogen (secondary N) is 1. The zero-order valence-corrected chi connectivity index (χ0v) is 16.6. The molecule has 7 heteroatoms. The van der Waals surface area contributed by atoms with Crippen LogP contribution >= 0.6 is 0 Å². The van der Waals surface area contributed by atoms with E-state index in [-0.39, 0.29) is 12.1 Å².